The minimum atomic E-state index is -1.12. The summed E-state index contributed by atoms with van der Waals surface area (Å²) in [5, 5.41) is 11.9. The van der Waals surface area contributed by atoms with Crippen LogP contribution < -0.4 is 21.7 Å². The number of nitrogens with two attached hydrogens (primary N) is 2. The molecule has 6 N–H and O–H groups in total. The third-order valence-electron chi connectivity index (χ3n) is 4.60. The number of aliphatic carboxylic acids is 1. The Labute approximate surface area is 166 Å². The number of nitrogens with one attached hydrogen (secondary N) is 1. The van der Waals surface area contributed by atoms with Gasteiger partial charge in [0.05, 0.1) is 6.04 Å². The number of rotatable bonds is 11. The summed E-state index contributed by atoms with van der Waals surface area (Å²) in [6.07, 6.45) is 1.53. The highest BCUT2D eigenvalue weighted by Gasteiger charge is 2.33. The standard InChI is InChI=1S/C20H32N4O4/c1-13(2)17(22)19(26)24(15-9-5-4-6-10-15)14(3)18(25)23-16(20(27)28)11-7-8-12-21/h4-6,9-10,13-14,16-17H,7-8,11-12,21-22H2,1-3H3,(H,23,25)(H,27,28)/t14?,16-,17?/m1/s1. The molecule has 0 radical (unpaired) electrons. The molecule has 0 fully saturated rings. The summed E-state index contributed by atoms with van der Waals surface area (Å²) in [6.45, 7) is 5.68. The fraction of sp³-hybridized carbons (Fsp3) is 0.550. The summed E-state index contributed by atoms with van der Waals surface area (Å²) in [5.74, 6) is -2.17. The first-order chi connectivity index (χ1) is 13.2. The van der Waals surface area contributed by atoms with Gasteiger partial charge in [-0.15, -0.1) is 0 Å². The molecule has 0 aliphatic heterocycles. The Morgan fingerprint density at radius 1 is 1.11 bits per heavy atom. The summed E-state index contributed by atoms with van der Waals surface area (Å²) in [5.41, 5.74) is 12.0. The van der Waals surface area contributed by atoms with Crippen molar-refractivity contribution in [2.45, 2.75) is 58.2 Å². The average molecular weight is 393 g/mol. The van der Waals surface area contributed by atoms with Gasteiger partial charge in [0.1, 0.15) is 12.1 Å². The number of para-hydroxylation sites is 1. The van der Waals surface area contributed by atoms with Crippen LogP contribution in [0.1, 0.15) is 40.0 Å². The third-order valence-corrected chi connectivity index (χ3v) is 4.60. The SMILES string of the molecule is CC(C)C(N)C(=O)N(c1ccccc1)C(C)C(=O)N[C@H](CCCCN)C(=O)O. The second-order valence-electron chi connectivity index (χ2n) is 7.17. The highest BCUT2D eigenvalue weighted by atomic mass is 16.4. The quantitative estimate of drug-likeness (QED) is 0.416. The highest BCUT2D eigenvalue weighted by molar-refractivity contribution is 6.03. The number of hydrogen-bond donors (Lipinski definition) is 4. The van der Waals surface area contributed by atoms with Crippen LogP contribution in [0.15, 0.2) is 30.3 Å². The van der Waals surface area contributed by atoms with E-state index in [0.717, 1.165) is 0 Å². The zero-order valence-electron chi connectivity index (χ0n) is 16.8. The first-order valence-corrected chi connectivity index (χ1v) is 9.57. The van der Waals surface area contributed by atoms with E-state index in [1.54, 1.807) is 37.3 Å². The van der Waals surface area contributed by atoms with Gasteiger partial charge in [-0.2, -0.15) is 0 Å². The van der Waals surface area contributed by atoms with Gasteiger partial charge in [0, 0.05) is 5.69 Å². The monoisotopic (exact) mass is 392 g/mol. The molecule has 0 saturated heterocycles. The number of unbranched alkanes of at least 4 members (excludes halogenated alkanes) is 1. The molecule has 1 aromatic carbocycles. The fourth-order valence-electron chi connectivity index (χ4n) is 2.74. The van der Waals surface area contributed by atoms with E-state index in [1.807, 2.05) is 13.8 Å². The van der Waals surface area contributed by atoms with Gasteiger partial charge in [0.2, 0.25) is 11.8 Å². The number of hydrogen-bond acceptors (Lipinski definition) is 5. The van der Waals surface area contributed by atoms with Crippen molar-refractivity contribution in [2.75, 3.05) is 11.4 Å². The summed E-state index contributed by atoms with van der Waals surface area (Å²) in [6, 6.07) is 6.01. The maximum atomic E-state index is 13.0. The molecule has 0 aliphatic carbocycles. The summed E-state index contributed by atoms with van der Waals surface area (Å²) in [7, 11) is 0. The fourth-order valence-corrected chi connectivity index (χ4v) is 2.74. The zero-order chi connectivity index (χ0) is 21.3. The molecule has 2 amide bonds. The number of benzene rings is 1. The molecule has 2 unspecified atom stereocenters. The Morgan fingerprint density at radius 3 is 2.21 bits per heavy atom. The van der Waals surface area contributed by atoms with Crippen LogP contribution in [0.3, 0.4) is 0 Å². The van der Waals surface area contributed by atoms with Gasteiger partial charge >= 0.3 is 5.97 Å². The third kappa shape index (κ3) is 6.61. The molecule has 0 aliphatic rings. The Hall–Kier alpha value is -2.45. The zero-order valence-corrected chi connectivity index (χ0v) is 16.8. The lowest BCUT2D eigenvalue weighted by atomic mass is 10.0. The highest BCUT2D eigenvalue weighted by Crippen LogP contribution is 2.19. The Kier molecular flexibility index (Phi) is 9.61. The van der Waals surface area contributed by atoms with Crippen molar-refractivity contribution in [3.63, 3.8) is 0 Å². The van der Waals surface area contributed by atoms with E-state index in [-0.39, 0.29) is 18.2 Å². The lowest BCUT2D eigenvalue weighted by Gasteiger charge is -2.32. The van der Waals surface area contributed by atoms with Crippen molar-refractivity contribution in [3.05, 3.63) is 30.3 Å². The lowest BCUT2D eigenvalue weighted by molar-refractivity contribution is -0.142. The van der Waals surface area contributed by atoms with Crippen molar-refractivity contribution < 1.29 is 19.5 Å². The van der Waals surface area contributed by atoms with Gasteiger partial charge in [-0.25, -0.2) is 4.79 Å². The molecule has 8 nitrogen and oxygen atoms in total. The van der Waals surface area contributed by atoms with E-state index in [2.05, 4.69) is 5.32 Å². The smallest absolute Gasteiger partial charge is 0.326 e. The summed E-state index contributed by atoms with van der Waals surface area (Å²) >= 11 is 0. The van der Waals surface area contributed by atoms with Gasteiger partial charge in [-0.3, -0.25) is 14.5 Å². The predicted octanol–water partition coefficient (Wildman–Crippen LogP) is 1.09. The maximum absolute atomic E-state index is 13.0. The minimum Gasteiger partial charge on any atom is -0.480 e. The number of nitrogens with zero attached hydrogens (tertiary/aromatic N) is 1. The lowest BCUT2D eigenvalue weighted by Crippen LogP contribution is -2.56. The van der Waals surface area contributed by atoms with E-state index in [9.17, 15) is 19.5 Å². The van der Waals surface area contributed by atoms with Crippen molar-refractivity contribution in [1.82, 2.24) is 5.32 Å². The van der Waals surface area contributed by atoms with Gasteiger partial charge < -0.3 is 21.9 Å². The van der Waals surface area contributed by atoms with E-state index < -0.39 is 30.0 Å². The van der Waals surface area contributed by atoms with Crippen molar-refractivity contribution >= 4 is 23.5 Å². The summed E-state index contributed by atoms with van der Waals surface area (Å²) in [4.78, 5) is 38.5. The Bertz CT molecular complexity index is 651. The first-order valence-electron chi connectivity index (χ1n) is 9.57. The molecular formula is C20H32N4O4. The van der Waals surface area contributed by atoms with Gasteiger partial charge in [0.25, 0.3) is 0 Å². The number of amides is 2. The van der Waals surface area contributed by atoms with Crippen molar-refractivity contribution in [1.29, 1.82) is 0 Å². The van der Waals surface area contributed by atoms with Crippen molar-refractivity contribution in [2.24, 2.45) is 17.4 Å². The maximum Gasteiger partial charge on any atom is 0.326 e. The molecule has 0 bridgehead atoms. The molecular weight excluding hydrogens is 360 g/mol. The molecule has 1 rings (SSSR count). The van der Waals surface area contributed by atoms with E-state index in [1.165, 1.54) is 4.90 Å². The van der Waals surface area contributed by atoms with Crippen LogP contribution in [0.2, 0.25) is 0 Å². The predicted molar refractivity (Wildman–Crippen MR) is 109 cm³/mol. The molecule has 28 heavy (non-hydrogen) atoms. The average Bonchev–Trinajstić information content (AvgIpc) is 2.67. The normalized spacial score (nSPS) is 14.2. The number of carboxylic acid groups (broad SMARTS) is 1. The topological polar surface area (TPSA) is 139 Å². The van der Waals surface area contributed by atoms with Crippen LogP contribution in [0.4, 0.5) is 5.69 Å². The van der Waals surface area contributed by atoms with Crippen LogP contribution in [-0.4, -0.2) is 47.6 Å². The van der Waals surface area contributed by atoms with Crippen molar-refractivity contribution in [3.8, 4) is 0 Å². The van der Waals surface area contributed by atoms with Crippen LogP contribution >= 0.6 is 0 Å². The Balaban J connectivity index is 3.04. The van der Waals surface area contributed by atoms with E-state index >= 15 is 0 Å². The molecule has 3 atom stereocenters. The molecule has 1 aromatic rings. The second-order valence-corrected chi connectivity index (χ2v) is 7.17. The van der Waals surface area contributed by atoms with E-state index in [0.29, 0.717) is 25.1 Å². The number of anilines is 1. The minimum absolute atomic E-state index is 0.114. The van der Waals surface area contributed by atoms with E-state index in [4.69, 9.17) is 11.5 Å². The largest absolute Gasteiger partial charge is 0.480 e. The number of carbonyl (C=O) groups excluding carboxylic acids is 2. The van der Waals surface area contributed by atoms with Gasteiger partial charge in [0.15, 0.2) is 0 Å². The summed E-state index contributed by atoms with van der Waals surface area (Å²) < 4.78 is 0. The van der Waals surface area contributed by atoms with Gasteiger partial charge in [-0.1, -0.05) is 32.0 Å². The molecule has 156 valence electrons. The van der Waals surface area contributed by atoms with Crippen LogP contribution in [0, 0.1) is 5.92 Å². The number of carbonyl (C=O) groups is 3. The van der Waals surface area contributed by atoms with Crippen LogP contribution in [0.5, 0.6) is 0 Å². The van der Waals surface area contributed by atoms with Gasteiger partial charge in [-0.05, 0) is 50.8 Å². The molecule has 0 saturated carbocycles. The van der Waals surface area contributed by atoms with Crippen LogP contribution in [-0.2, 0) is 14.4 Å². The second kappa shape index (κ2) is 11.4. The number of carboxylic acids is 1. The first kappa shape index (κ1) is 23.6. The molecule has 0 aromatic heterocycles. The molecule has 8 heteroatoms. The molecule has 0 spiro atoms. The molecule has 0 heterocycles. The Morgan fingerprint density at radius 2 is 1.71 bits per heavy atom. The van der Waals surface area contributed by atoms with Crippen LogP contribution in [0.25, 0.3) is 0 Å².